The smallest absolute Gasteiger partial charge is 0.290 e. The molecule has 0 aromatic heterocycles. The maximum atomic E-state index is 12.0. The van der Waals surface area contributed by atoms with Crippen LogP contribution in [0.5, 0.6) is 0 Å². The molecular formula is C12H13ClN2O2S. The number of carbonyl (C=O) groups excluding carboxylic acids is 2. The second-order valence-electron chi connectivity index (χ2n) is 3.96. The van der Waals surface area contributed by atoms with Crippen molar-refractivity contribution in [2.24, 2.45) is 0 Å². The molecule has 0 radical (unpaired) electrons. The molecule has 0 saturated carbocycles. The summed E-state index contributed by atoms with van der Waals surface area (Å²) in [5, 5.41) is 2.26. The lowest BCUT2D eigenvalue weighted by Gasteiger charge is -2.13. The van der Waals surface area contributed by atoms with E-state index in [1.54, 1.807) is 0 Å². The first-order valence-electron chi connectivity index (χ1n) is 5.53. The highest BCUT2D eigenvalue weighted by atomic mass is 35.5. The Balaban J connectivity index is 2.07. The van der Waals surface area contributed by atoms with Gasteiger partial charge in [-0.3, -0.25) is 14.5 Å². The Morgan fingerprint density at radius 1 is 1.44 bits per heavy atom. The number of amides is 2. The maximum absolute atomic E-state index is 12.0. The highest BCUT2D eigenvalue weighted by Crippen LogP contribution is 2.28. The number of alkyl halides is 1. The number of halogens is 1. The van der Waals surface area contributed by atoms with Gasteiger partial charge in [0.1, 0.15) is 0 Å². The summed E-state index contributed by atoms with van der Waals surface area (Å²) in [7, 11) is 0. The van der Waals surface area contributed by atoms with Crippen molar-refractivity contribution in [2.75, 3.05) is 17.7 Å². The summed E-state index contributed by atoms with van der Waals surface area (Å²) in [6, 6.07) is 7.68. The van der Waals surface area contributed by atoms with Crippen molar-refractivity contribution in [3.05, 3.63) is 29.8 Å². The summed E-state index contributed by atoms with van der Waals surface area (Å²) in [4.78, 5) is 24.8. The van der Waals surface area contributed by atoms with E-state index < -0.39 is 5.37 Å². The van der Waals surface area contributed by atoms with Gasteiger partial charge in [0.05, 0.1) is 0 Å². The third kappa shape index (κ3) is 2.79. The van der Waals surface area contributed by atoms with Crippen LogP contribution in [0.1, 0.15) is 5.56 Å². The Kier molecular flexibility index (Phi) is 4.14. The molecule has 1 N–H and O–H groups in total. The molecule has 1 aromatic carbocycles. The molecule has 1 unspecified atom stereocenters. The summed E-state index contributed by atoms with van der Waals surface area (Å²) in [6.45, 7) is 2.23. The molecule has 0 spiro atoms. The molecule has 1 aliphatic rings. The number of rotatable bonds is 4. The van der Waals surface area contributed by atoms with Crippen LogP contribution in [0.25, 0.3) is 0 Å². The van der Waals surface area contributed by atoms with Gasteiger partial charge in [0.15, 0.2) is 5.37 Å². The zero-order valence-electron chi connectivity index (χ0n) is 9.85. The van der Waals surface area contributed by atoms with Gasteiger partial charge in [-0.1, -0.05) is 12.1 Å². The molecule has 1 fully saturated rings. The van der Waals surface area contributed by atoms with E-state index in [0.29, 0.717) is 0 Å². The monoisotopic (exact) mass is 284 g/mol. The molecule has 0 aliphatic carbocycles. The van der Waals surface area contributed by atoms with Crippen LogP contribution in [0.15, 0.2) is 24.3 Å². The van der Waals surface area contributed by atoms with E-state index in [1.807, 2.05) is 31.2 Å². The number of nitrogens with zero attached hydrogens (tertiary/aromatic N) is 1. The number of hydrogen-bond donors (Lipinski definition) is 1. The van der Waals surface area contributed by atoms with Gasteiger partial charge in [-0.25, -0.2) is 0 Å². The van der Waals surface area contributed by atoms with Gasteiger partial charge in [-0.05, 0) is 36.4 Å². The predicted octanol–water partition coefficient (Wildman–Crippen LogP) is 2.67. The topological polar surface area (TPSA) is 49.4 Å². The van der Waals surface area contributed by atoms with E-state index in [4.69, 9.17) is 11.6 Å². The third-order valence-corrected chi connectivity index (χ3v) is 3.70. The van der Waals surface area contributed by atoms with Gasteiger partial charge in [0.25, 0.3) is 11.1 Å². The average molecular weight is 285 g/mol. The lowest BCUT2D eigenvalue weighted by molar-refractivity contribution is -0.126. The number of nitrogens with one attached hydrogen (secondary N) is 1. The standard InChI is InChI=1S/C12H13ClN2O2S/c1-8-3-2-4-9(7-8)14-10-11(16)15(6-5-13)12(17)18-10/h2-4,7,10,14H,5-6H2,1H3. The first kappa shape index (κ1) is 13.2. The van der Waals surface area contributed by atoms with Crippen LogP contribution in [0, 0.1) is 6.92 Å². The van der Waals surface area contributed by atoms with Gasteiger partial charge in [0.2, 0.25) is 0 Å². The molecule has 1 atom stereocenters. The summed E-state index contributed by atoms with van der Waals surface area (Å²) in [6.07, 6.45) is 0. The molecule has 2 rings (SSSR count). The maximum Gasteiger partial charge on any atom is 0.290 e. The Labute approximate surface area is 115 Å². The lowest BCUT2D eigenvalue weighted by atomic mass is 10.2. The second kappa shape index (κ2) is 5.63. The van der Waals surface area contributed by atoms with Crippen molar-refractivity contribution >= 4 is 40.2 Å². The molecule has 96 valence electrons. The van der Waals surface area contributed by atoms with Crippen LogP contribution in [0.2, 0.25) is 0 Å². The Hall–Kier alpha value is -1.20. The summed E-state index contributed by atoms with van der Waals surface area (Å²) >= 11 is 6.56. The van der Waals surface area contributed by atoms with E-state index in [1.165, 1.54) is 4.90 Å². The summed E-state index contributed by atoms with van der Waals surface area (Å²) in [5.41, 5.74) is 1.93. The highest BCUT2D eigenvalue weighted by molar-refractivity contribution is 8.15. The molecule has 0 bridgehead atoms. The van der Waals surface area contributed by atoms with Crippen LogP contribution in [0.4, 0.5) is 10.5 Å². The fourth-order valence-corrected chi connectivity index (χ4v) is 2.81. The molecular weight excluding hydrogens is 272 g/mol. The number of imide groups is 1. The minimum Gasteiger partial charge on any atom is -0.365 e. The third-order valence-electron chi connectivity index (χ3n) is 2.55. The van der Waals surface area contributed by atoms with E-state index in [9.17, 15) is 9.59 Å². The van der Waals surface area contributed by atoms with E-state index in [-0.39, 0.29) is 23.6 Å². The number of aryl methyl sites for hydroxylation is 1. The van der Waals surface area contributed by atoms with Crippen LogP contribution < -0.4 is 5.32 Å². The molecule has 6 heteroatoms. The SMILES string of the molecule is Cc1cccc(NC2SC(=O)N(CCCl)C2=O)c1. The van der Waals surface area contributed by atoms with Crippen molar-refractivity contribution < 1.29 is 9.59 Å². The van der Waals surface area contributed by atoms with Crippen LogP contribution in [0.3, 0.4) is 0 Å². The lowest BCUT2D eigenvalue weighted by Crippen LogP contribution is -2.35. The number of benzene rings is 1. The fourth-order valence-electron chi connectivity index (χ4n) is 1.71. The van der Waals surface area contributed by atoms with Crippen LogP contribution in [-0.2, 0) is 4.79 Å². The molecule has 1 aromatic rings. The molecule has 4 nitrogen and oxygen atoms in total. The first-order chi connectivity index (χ1) is 8.61. The molecule has 1 saturated heterocycles. The quantitative estimate of drug-likeness (QED) is 0.864. The first-order valence-corrected chi connectivity index (χ1v) is 6.94. The van der Waals surface area contributed by atoms with E-state index in [0.717, 1.165) is 23.0 Å². The van der Waals surface area contributed by atoms with Crippen molar-refractivity contribution in [3.63, 3.8) is 0 Å². The van der Waals surface area contributed by atoms with Crippen molar-refractivity contribution in [3.8, 4) is 0 Å². The zero-order valence-corrected chi connectivity index (χ0v) is 11.4. The van der Waals surface area contributed by atoms with Gasteiger partial charge in [0, 0.05) is 18.1 Å². The van der Waals surface area contributed by atoms with Crippen LogP contribution in [-0.4, -0.2) is 33.8 Å². The number of anilines is 1. The summed E-state index contributed by atoms with van der Waals surface area (Å²) < 4.78 is 0. The Morgan fingerprint density at radius 2 is 2.22 bits per heavy atom. The summed E-state index contributed by atoms with van der Waals surface area (Å²) in [5.74, 6) is 0.0296. The highest BCUT2D eigenvalue weighted by Gasteiger charge is 2.39. The molecule has 2 amide bonds. The molecule has 1 aliphatic heterocycles. The second-order valence-corrected chi connectivity index (χ2v) is 5.39. The normalized spacial score (nSPS) is 19.4. The Bertz CT molecular complexity index is 481. The largest absolute Gasteiger partial charge is 0.365 e. The average Bonchev–Trinajstić information content (AvgIpc) is 2.57. The molecule has 18 heavy (non-hydrogen) atoms. The fraction of sp³-hybridized carbons (Fsp3) is 0.333. The van der Waals surface area contributed by atoms with E-state index in [2.05, 4.69) is 5.32 Å². The van der Waals surface area contributed by atoms with Gasteiger partial charge < -0.3 is 5.32 Å². The number of carbonyl (C=O) groups is 2. The van der Waals surface area contributed by atoms with Crippen molar-refractivity contribution in [1.29, 1.82) is 0 Å². The number of thioether (sulfide) groups is 1. The minimum atomic E-state index is -0.553. The van der Waals surface area contributed by atoms with Crippen LogP contribution >= 0.6 is 23.4 Å². The minimum absolute atomic E-state index is 0.229. The van der Waals surface area contributed by atoms with Crippen molar-refractivity contribution in [2.45, 2.75) is 12.3 Å². The van der Waals surface area contributed by atoms with Gasteiger partial charge >= 0.3 is 0 Å². The Morgan fingerprint density at radius 3 is 2.89 bits per heavy atom. The number of hydrogen-bond acceptors (Lipinski definition) is 4. The van der Waals surface area contributed by atoms with Gasteiger partial charge in [-0.15, -0.1) is 11.6 Å². The van der Waals surface area contributed by atoms with E-state index >= 15 is 0 Å². The van der Waals surface area contributed by atoms with Crippen molar-refractivity contribution in [1.82, 2.24) is 4.90 Å². The predicted molar refractivity (Wildman–Crippen MR) is 74.0 cm³/mol. The zero-order chi connectivity index (χ0) is 13.1. The van der Waals surface area contributed by atoms with Gasteiger partial charge in [-0.2, -0.15) is 0 Å². The molecule has 1 heterocycles.